The Morgan fingerprint density at radius 1 is 1.10 bits per heavy atom. The summed E-state index contributed by atoms with van der Waals surface area (Å²) in [7, 11) is 0. The molecule has 31 heavy (non-hydrogen) atoms. The predicted molar refractivity (Wildman–Crippen MR) is 126 cm³/mol. The van der Waals surface area contributed by atoms with Crippen molar-refractivity contribution in [2.24, 2.45) is 0 Å². The first-order chi connectivity index (χ1) is 14.8. The van der Waals surface area contributed by atoms with Crippen LogP contribution in [-0.2, 0) is 16.1 Å². The predicted octanol–water partition coefficient (Wildman–Crippen LogP) is 4.98. The summed E-state index contributed by atoms with van der Waals surface area (Å²) in [6, 6.07) is 11.0. The second-order valence-corrected chi connectivity index (χ2v) is 8.26. The third kappa shape index (κ3) is 7.00. The number of rotatable bonds is 10. The molecular weight excluding hydrogens is 412 g/mol. The molecule has 0 saturated carbocycles. The Hall–Kier alpha value is -2.53. The molecule has 1 atom stereocenters. The number of halogens is 1. The monoisotopic (exact) mass is 444 g/mol. The molecule has 0 aromatic heterocycles. The zero-order valence-electron chi connectivity index (χ0n) is 19.1. The number of amides is 2. The van der Waals surface area contributed by atoms with Gasteiger partial charge in [-0.05, 0) is 62.4 Å². The molecule has 0 aliphatic heterocycles. The highest BCUT2D eigenvalue weighted by molar-refractivity contribution is 6.32. The molecule has 1 N–H and O–H groups in total. The second kappa shape index (κ2) is 11.8. The summed E-state index contributed by atoms with van der Waals surface area (Å²) in [5.41, 5.74) is 3.88. The van der Waals surface area contributed by atoms with Crippen LogP contribution >= 0.6 is 11.6 Å². The van der Waals surface area contributed by atoms with Crippen molar-refractivity contribution < 1.29 is 14.3 Å². The number of aryl methyl sites for hydroxylation is 3. The Morgan fingerprint density at radius 3 is 2.35 bits per heavy atom. The van der Waals surface area contributed by atoms with Crippen LogP contribution in [0.2, 0.25) is 5.02 Å². The zero-order valence-corrected chi connectivity index (χ0v) is 19.9. The number of carbonyl (C=O) groups excluding carboxylic acids is 2. The highest BCUT2D eigenvalue weighted by Gasteiger charge is 2.28. The van der Waals surface area contributed by atoms with E-state index in [0.29, 0.717) is 30.3 Å². The van der Waals surface area contributed by atoms with E-state index in [0.717, 1.165) is 28.7 Å². The topological polar surface area (TPSA) is 58.6 Å². The van der Waals surface area contributed by atoms with E-state index in [1.165, 1.54) is 0 Å². The first-order valence-electron chi connectivity index (χ1n) is 10.8. The first kappa shape index (κ1) is 24.7. The molecule has 6 heteroatoms. The Kier molecular flexibility index (Phi) is 9.38. The zero-order chi connectivity index (χ0) is 23.0. The van der Waals surface area contributed by atoms with E-state index in [1.54, 1.807) is 4.90 Å². The molecule has 2 rings (SSSR count). The number of nitrogens with zero attached hydrogens (tertiary/aromatic N) is 1. The van der Waals surface area contributed by atoms with Gasteiger partial charge in [0.05, 0.1) is 0 Å². The number of hydrogen-bond acceptors (Lipinski definition) is 3. The SMILES string of the molecule is CCCNC(=O)C(CC)N(Cc1cccc(C)c1)C(=O)COc1cc(C)c(Cl)c(C)c1. The lowest BCUT2D eigenvalue weighted by atomic mass is 10.1. The standard InChI is InChI=1S/C25H33ClN2O3/c1-6-11-27-25(30)22(7-2)28(15-20-10-8-9-17(3)12-20)23(29)16-31-21-13-18(4)24(26)19(5)14-21/h8-10,12-14,22H,6-7,11,15-16H2,1-5H3,(H,27,30). The number of nitrogens with one attached hydrogen (secondary N) is 1. The van der Waals surface area contributed by atoms with Gasteiger partial charge in [0.15, 0.2) is 6.61 Å². The minimum Gasteiger partial charge on any atom is -0.484 e. The fourth-order valence-corrected chi connectivity index (χ4v) is 3.62. The van der Waals surface area contributed by atoms with Crippen molar-refractivity contribution in [1.29, 1.82) is 0 Å². The molecule has 5 nitrogen and oxygen atoms in total. The Labute approximate surface area is 190 Å². The average molecular weight is 445 g/mol. The van der Waals surface area contributed by atoms with Crippen molar-refractivity contribution in [3.05, 3.63) is 63.7 Å². The van der Waals surface area contributed by atoms with Gasteiger partial charge >= 0.3 is 0 Å². The van der Waals surface area contributed by atoms with Gasteiger partial charge in [0.1, 0.15) is 11.8 Å². The molecule has 0 spiro atoms. The summed E-state index contributed by atoms with van der Waals surface area (Å²) in [4.78, 5) is 27.6. The quantitative estimate of drug-likeness (QED) is 0.562. The fraction of sp³-hybridized carbons (Fsp3) is 0.440. The molecule has 0 bridgehead atoms. The van der Waals surface area contributed by atoms with Gasteiger partial charge in [-0.25, -0.2) is 0 Å². The van der Waals surface area contributed by atoms with E-state index < -0.39 is 6.04 Å². The van der Waals surface area contributed by atoms with E-state index in [4.69, 9.17) is 16.3 Å². The number of carbonyl (C=O) groups is 2. The Bertz CT molecular complexity index is 890. The summed E-state index contributed by atoms with van der Waals surface area (Å²) < 4.78 is 5.80. The van der Waals surface area contributed by atoms with Gasteiger partial charge in [0, 0.05) is 18.1 Å². The smallest absolute Gasteiger partial charge is 0.261 e. The molecule has 0 saturated heterocycles. The van der Waals surface area contributed by atoms with Crippen molar-refractivity contribution in [3.8, 4) is 5.75 Å². The third-order valence-corrected chi connectivity index (χ3v) is 5.74. The summed E-state index contributed by atoms with van der Waals surface area (Å²) >= 11 is 6.23. The molecular formula is C25H33ClN2O3. The van der Waals surface area contributed by atoms with Gasteiger partial charge in [-0.2, -0.15) is 0 Å². The highest BCUT2D eigenvalue weighted by atomic mass is 35.5. The summed E-state index contributed by atoms with van der Waals surface area (Å²) in [5, 5.41) is 3.62. The molecule has 168 valence electrons. The van der Waals surface area contributed by atoms with Crippen molar-refractivity contribution in [1.82, 2.24) is 10.2 Å². The maximum absolute atomic E-state index is 13.2. The van der Waals surface area contributed by atoms with Gasteiger partial charge in [0.2, 0.25) is 5.91 Å². The molecule has 2 aromatic carbocycles. The van der Waals surface area contributed by atoms with Crippen LogP contribution in [0.15, 0.2) is 36.4 Å². The maximum Gasteiger partial charge on any atom is 0.261 e. The summed E-state index contributed by atoms with van der Waals surface area (Å²) in [5.74, 6) is 0.223. The van der Waals surface area contributed by atoms with Crippen LogP contribution in [0, 0.1) is 20.8 Å². The van der Waals surface area contributed by atoms with Crippen LogP contribution in [0.1, 0.15) is 48.9 Å². The van der Waals surface area contributed by atoms with Gasteiger partial charge in [-0.1, -0.05) is 55.3 Å². The highest BCUT2D eigenvalue weighted by Crippen LogP contribution is 2.26. The van der Waals surface area contributed by atoms with Crippen LogP contribution < -0.4 is 10.1 Å². The molecule has 0 aliphatic rings. The molecule has 1 unspecified atom stereocenters. The van der Waals surface area contributed by atoms with Gasteiger partial charge in [-0.15, -0.1) is 0 Å². The second-order valence-electron chi connectivity index (χ2n) is 7.89. The molecule has 2 amide bonds. The van der Waals surface area contributed by atoms with Crippen LogP contribution in [-0.4, -0.2) is 35.9 Å². The van der Waals surface area contributed by atoms with Crippen LogP contribution in [0.4, 0.5) is 0 Å². The van der Waals surface area contributed by atoms with E-state index in [2.05, 4.69) is 5.32 Å². The minimum absolute atomic E-state index is 0.136. The lowest BCUT2D eigenvalue weighted by Crippen LogP contribution is -2.50. The van der Waals surface area contributed by atoms with Gasteiger partial charge in [-0.3, -0.25) is 9.59 Å². The van der Waals surface area contributed by atoms with Crippen molar-refractivity contribution in [3.63, 3.8) is 0 Å². The normalized spacial score (nSPS) is 11.7. The van der Waals surface area contributed by atoms with Crippen LogP contribution in [0.25, 0.3) is 0 Å². The lowest BCUT2D eigenvalue weighted by Gasteiger charge is -2.30. The fourth-order valence-electron chi connectivity index (χ4n) is 3.51. The molecule has 0 aliphatic carbocycles. The Balaban J connectivity index is 2.23. The Morgan fingerprint density at radius 2 is 1.77 bits per heavy atom. The summed E-state index contributed by atoms with van der Waals surface area (Å²) in [6.07, 6.45) is 1.36. The largest absolute Gasteiger partial charge is 0.484 e. The van der Waals surface area contributed by atoms with E-state index in [-0.39, 0.29) is 18.4 Å². The molecule has 0 radical (unpaired) electrons. The first-order valence-corrected chi connectivity index (χ1v) is 11.2. The van der Waals surface area contributed by atoms with E-state index >= 15 is 0 Å². The van der Waals surface area contributed by atoms with E-state index in [9.17, 15) is 9.59 Å². The van der Waals surface area contributed by atoms with Crippen LogP contribution in [0.5, 0.6) is 5.75 Å². The van der Waals surface area contributed by atoms with Crippen molar-refractivity contribution >= 4 is 23.4 Å². The van der Waals surface area contributed by atoms with E-state index in [1.807, 2.05) is 71.0 Å². The third-order valence-electron chi connectivity index (χ3n) is 5.14. The van der Waals surface area contributed by atoms with Crippen LogP contribution in [0.3, 0.4) is 0 Å². The molecule has 0 fully saturated rings. The lowest BCUT2D eigenvalue weighted by molar-refractivity contribution is -0.143. The molecule has 0 heterocycles. The van der Waals surface area contributed by atoms with Crippen molar-refractivity contribution in [2.45, 2.75) is 60.0 Å². The average Bonchev–Trinajstić information content (AvgIpc) is 2.74. The van der Waals surface area contributed by atoms with Gasteiger partial charge in [0.25, 0.3) is 5.91 Å². The number of ether oxygens (including phenoxy) is 1. The summed E-state index contributed by atoms with van der Waals surface area (Å²) in [6.45, 7) is 10.5. The maximum atomic E-state index is 13.2. The van der Waals surface area contributed by atoms with Crippen molar-refractivity contribution in [2.75, 3.05) is 13.2 Å². The van der Waals surface area contributed by atoms with Gasteiger partial charge < -0.3 is 15.0 Å². The number of benzene rings is 2. The number of hydrogen-bond donors (Lipinski definition) is 1. The molecule has 2 aromatic rings. The minimum atomic E-state index is -0.558.